The van der Waals surface area contributed by atoms with Crippen LogP contribution in [0.25, 0.3) is 0 Å². The Morgan fingerprint density at radius 2 is 0.462 bits per heavy atom. The molecule has 0 aliphatic carbocycles. The van der Waals surface area contributed by atoms with Gasteiger partial charge in [-0.1, -0.05) is 0 Å². The molecule has 0 atom stereocenters. The van der Waals surface area contributed by atoms with Crippen molar-refractivity contribution in [3.63, 3.8) is 0 Å². The number of rotatable bonds is 25. The van der Waals surface area contributed by atoms with E-state index in [1.807, 2.05) is 0 Å². The molecule has 0 aromatic heterocycles. The standard InChI is InChI=1S/C16H19F17O3Si.C11H13F13O3Si/c1-4-34-37(35-5-2,36-6-3)8-7-9(17,18)10(19,20)11(21,22)12(23,24)13(25,26)14(27,28)15(29,30)16(31,32)33;1-25-28(26-2,27-3)5-4-6(12,13)7(14,15)8(16,17)9(18,19)10(20,21)11(22,23)24/h4-8H2,1-3H3;4-5H2,1-3H3. The number of hydrogen-bond donors (Lipinski definition) is 0. The highest BCUT2D eigenvalue weighted by Crippen LogP contribution is 2.65. The second-order valence-corrected chi connectivity index (χ2v) is 18.2. The average Bonchev–Trinajstić information content (AvgIpc) is 3.13. The first-order chi connectivity index (χ1) is 28.3. The lowest BCUT2D eigenvalue weighted by atomic mass is 9.88. The van der Waals surface area contributed by atoms with Crippen molar-refractivity contribution in [2.75, 3.05) is 41.2 Å². The highest BCUT2D eigenvalue weighted by Gasteiger charge is 2.95. The Hall–Kier alpha value is -1.91. The lowest BCUT2D eigenvalue weighted by molar-refractivity contribution is -0.461. The monoisotopic (exact) mass is 1080 g/mol. The van der Waals surface area contributed by atoms with E-state index in [9.17, 15) is 132 Å². The third-order valence-corrected chi connectivity index (χ3v) is 14.1. The summed E-state index contributed by atoms with van der Waals surface area (Å²) in [7, 11) is -6.25. The lowest BCUT2D eigenvalue weighted by Gasteiger charge is -2.43. The van der Waals surface area contributed by atoms with Gasteiger partial charge in [0.15, 0.2) is 0 Å². The molecule has 0 aromatic carbocycles. The second kappa shape index (κ2) is 20.2. The fraction of sp³-hybridized carbons (Fsp3) is 1.00. The van der Waals surface area contributed by atoms with Crippen LogP contribution >= 0.6 is 0 Å². The molecule has 0 N–H and O–H groups in total. The summed E-state index contributed by atoms with van der Waals surface area (Å²) in [5.74, 6) is -93.5. The van der Waals surface area contributed by atoms with Crippen LogP contribution in [0.4, 0.5) is 132 Å². The molecular formula is C27H32F30O6Si2. The Morgan fingerprint density at radius 1 is 0.277 bits per heavy atom. The zero-order chi connectivity index (χ0) is 53.2. The van der Waals surface area contributed by atoms with Crippen LogP contribution in [0.2, 0.25) is 12.1 Å². The summed E-state index contributed by atoms with van der Waals surface area (Å²) in [6.07, 6.45) is -20.3. The van der Waals surface area contributed by atoms with Crippen molar-refractivity contribution < 1.29 is 158 Å². The summed E-state index contributed by atoms with van der Waals surface area (Å²) in [5, 5.41) is 0. The van der Waals surface area contributed by atoms with Gasteiger partial charge in [-0.2, -0.15) is 132 Å². The SMILES string of the molecule is CCO[Si](CCC(F)(F)C(F)(F)C(F)(F)C(F)(F)C(F)(F)C(F)(F)C(F)(F)C(F)(F)F)(OCC)OCC.CO[Si](CCC(F)(F)C(F)(F)C(F)(F)C(F)(F)C(F)(F)C(F)(F)F)(OC)OC. The molecule has 65 heavy (non-hydrogen) atoms. The van der Waals surface area contributed by atoms with Crippen molar-refractivity contribution >= 4 is 17.6 Å². The molecule has 394 valence electrons. The van der Waals surface area contributed by atoms with Gasteiger partial charge in [-0.3, -0.25) is 0 Å². The fourth-order valence-electron chi connectivity index (χ4n) is 4.49. The summed E-state index contributed by atoms with van der Waals surface area (Å²) >= 11 is 0. The van der Waals surface area contributed by atoms with Crippen LogP contribution in [0.15, 0.2) is 0 Å². The molecule has 0 aliphatic rings. The molecule has 0 unspecified atom stereocenters. The van der Waals surface area contributed by atoms with Crippen molar-refractivity contribution in [3.8, 4) is 0 Å². The van der Waals surface area contributed by atoms with Crippen molar-refractivity contribution in [1.82, 2.24) is 0 Å². The van der Waals surface area contributed by atoms with Crippen LogP contribution in [0.3, 0.4) is 0 Å². The average molecular weight is 1080 g/mol. The maximum Gasteiger partial charge on any atom is 0.501 e. The second-order valence-electron chi connectivity index (χ2n) is 12.4. The highest BCUT2D eigenvalue weighted by atomic mass is 28.4. The van der Waals surface area contributed by atoms with E-state index in [4.69, 9.17) is 13.3 Å². The molecule has 0 aliphatic heterocycles. The summed E-state index contributed by atoms with van der Waals surface area (Å²) in [6.45, 7) is 2.33. The normalized spacial score (nSPS) is 15.9. The molecule has 0 rings (SSSR count). The van der Waals surface area contributed by atoms with E-state index in [-0.39, 0.29) is 0 Å². The summed E-state index contributed by atoms with van der Waals surface area (Å²) in [4.78, 5) is 0. The smallest absolute Gasteiger partial charge is 0.377 e. The molecule has 0 saturated carbocycles. The van der Waals surface area contributed by atoms with Crippen LogP contribution in [0.5, 0.6) is 0 Å². The van der Waals surface area contributed by atoms with E-state index in [0.717, 1.165) is 21.3 Å². The molecule has 0 aromatic rings. The van der Waals surface area contributed by atoms with Crippen LogP contribution < -0.4 is 0 Å². The quantitative estimate of drug-likeness (QED) is 0.0671. The first-order valence-corrected chi connectivity index (χ1v) is 20.4. The van der Waals surface area contributed by atoms with E-state index < -0.39 is 146 Å². The molecular weight excluding hydrogens is 1050 g/mol. The maximum atomic E-state index is 14.1. The molecule has 0 bridgehead atoms. The third-order valence-electron chi connectivity index (χ3n) is 8.30. The fourth-order valence-corrected chi connectivity index (χ4v) is 8.85. The molecule has 0 heterocycles. The van der Waals surface area contributed by atoms with Gasteiger partial charge in [0.05, 0.1) is 0 Å². The van der Waals surface area contributed by atoms with E-state index >= 15 is 0 Å². The Morgan fingerprint density at radius 3 is 0.646 bits per heavy atom. The highest BCUT2D eigenvalue weighted by molar-refractivity contribution is 6.61. The van der Waals surface area contributed by atoms with Crippen molar-refractivity contribution in [1.29, 1.82) is 0 Å². The minimum atomic E-state index is -8.65. The van der Waals surface area contributed by atoms with Gasteiger partial charge in [-0.25, -0.2) is 0 Å². The summed E-state index contributed by atoms with van der Waals surface area (Å²) < 4.78 is 423. The molecule has 38 heteroatoms. The van der Waals surface area contributed by atoms with Crippen molar-refractivity contribution in [2.45, 2.75) is 129 Å². The van der Waals surface area contributed by atoms with Gasteiger partial charge in [-0.05, 0) is 20.8 Å². The molecule has 0 radical (unpaired) electrons. The van der Waals surface area contributed by atoms with Gasteiger partial charge in [0, 0.05) is 66.1 Å². The Kier molecular flexibility index (Phi) is 20.3. The number of alkyl halides is 30. The van der Waals surface area contributed by atoms with Crippen LogP contribution in [0.1, 0.15) is 33.6 Å². The largest absolute Gasteiger partial charge is 0.501 e. The molecule has 0 saturated heterocycles. The zero-order valence-electron chi connectivity index (χ0n) is 32.7. The Bertz CT molecular complexity index is 1470. The maximum absolute atomic E-state index is 14.1. The van der Waals surface area contributed by atoms with Crippen LogP contribution in [-0.2, 0) is 26.6 Å². The minimum Gasteiger partial charge on any atom is -0.377 e. The van der Waals surface area contributed by atoms with Crippen molar-refractivity contribution in [2.24, 2.45) is 0 Å². The number of hydrogen-bond acceptors (Lipinski definition) is 6. The van der Waals surface area contributed by atoms with Crippen LogP contribution in [0, 0.1) is 0 Å². The van der Waals surface area contributed by atoms with Gasteiger partial charge in [0.2, 0.25) is 0 Å². The van der Waals surface area contributed by atoms with Gasteiger partial charge >= 0.3 is 101 Å². The van der Waals surface area contributed by atoms with Gasteiger partial charge < -0.3 is 26.6 Å². The predicted molar refractivity (Wildman–Crippen MR) is 158 cm³/mol. The van der Waals surface area contributed by atoms with E-state index in [1.54, 1.807) is 0 Å². The minimum absolute atomic E-state index is 0.420. The molecule has 0 spiro atoms. The molecule has 0 fully saturated rings. The Labute approximate surface area is 346 Å². The zero-order valence-corrected chi connectivity index (χ0v) is 34.7. The first kappa shape index (κ1) is 65.2. The van der Waals surface area contributed by atoms with E-state index in [1.165, 1.54) is 20.8 Å². The molecule has 0 amide bonds. The molecule has 6 nitrogen and oxygen atoms in total. The van der Waals surface area contributed by atoms with Gasteiger partial charge in [0.25, 0.3) is 0 Å². The van der Waals surface area contributed by atoms with Gasteiger partial charge in [0.1, 0.15) is 0 Å². The van der Waals surface area contributed by atoms with Crippen molar-refractivity contribution in [3.05, 3.63) is 0 Å². The summed E-state index contributed by atoms with van der Waals surface area (Å²) in [5.41, 5.74) is 0. The predicted octanol–water partition coefficient (Wildman–Crippen LogP) is 12.4. The first-order valence-electron chi connectivity index (χ1n) is 16.5. The van der Waals surface area contributed by atoms with Gasteiger partial charge in [-0.15, -0.1) is 0 Å². The lowest BCUT2D eigenvalue weighted by Crippen LogP contribution is -2.74. The van der Waals surface area contributed by atoms with E-state index in [2.05, 4.69) is 13.3 Å². The summed E-state index contributed by atoms with van der Waals surface area (Å²) in [6, 6.07) is -2.96. The van der Waals surface area contributed by atoms with Crippen LogP contribution in [-0.4, -0.2) is 142 Å². The Balaban J connectivity index is 0. The third kappa shape index (κ3) is 11.3. The topological polar surface area (TPSA) is 55.4 Å². The van der Waals surface area contributed by atoms with E-state index in [0.29, 0.717) is 0 Å². The number of halogens is 30.